The first kappa shape index (κ1) is 14.0. The molecule has 0 N–H and O–H groups in total. The van der Waals surface area contributed by atoms with Gasteiger partial charge in [-0.25, -0.2) is 4.79 Å². The molecule has 4 nitrogen and oxygen atoms in total. The van der Waals surface area contributed by atoms with E-state index in [0.717, 1.165) is 0 Å². The van der Waals surface area contributed by atoms with Gasteiger partial charge in [-0.3, -0.25) is 4.79 Å². The molecule has 0 fully saturated rings. The van der Waals surface area contributed by atoms with Gasteiger partial charge in [0.25, 0.3) is 0 Å². The zero-order chi connectivity index (χ0) is 13.5. The van der Waals surface area contributed by atoms with Crippen LogP contribution in [0.15, 0.2) is 29.8 Å². The van der Waals surface area contributed by atoms with Gasteiger partial charge >= 0.3 is 5.97 Å². The standard InChI is InChI=1S/C14H16O4/c1-4-18-14(16)12(10(2)15)9-11-7-5-6-8-13(11)17-3/h5-9H,4H2,1-3H3. The molecular formula is C14H16O4. The van der Waals surface area contributed by atoms with Crippen LogP contribution in [0.2, 0.25) is 0 Å². The Kier molecular flexibility index (Phi) is 5.11. The molecule has 1 aromatic carbocycles. The highest BCUT2D eigenvalue weighted by atomic mass is 16.5. The fraction of sp³-hybridized carbons (Fsp3) is 0.286. The van der Waals surface area contributed by atoms with Gasteiger partial charge < -0.3 is 9.47 Å². The molecule has 0 aromatic heterocycles. The summed E-state index contributed by atoms with van der Waals surface area (Å²) in [6.07, 6.45) is 1.49. The van der Waals surface area contributed by atoms with Crippen molar-refractivity contribution in [2.24, 2.45) is 0 Å². The van der Waals surface area contributed by atoms with Gasteiger partial charge in [-0.1, -0.05) is 18.2 Å². The van der Waals surface area contributed by atoms with Crippen LogP contribution in [0.4, 0.5) is 0 Å². The second kappa shape index (κ2) is 6.59. The molecule has 4 heteroatoms. The topological polar surface area (TPSA) is 52.6 Å². The third kappa shape index (κ3) is 3.45. The van der Waals surface area contributed by atoms with Crippen molar-refractivity contribution in [3.63, 3.8) is 0 Å². The first-order chi connectivity index (χ1) is 8.60. The Bertz CT molecular complexity index is 474. The minimum Gasteiger partial charge on any atom is -0.496 e. The van der Waals surface area contributed by atoms with Crippen molar-refractivity contribution in [1.82, 2.24) is 0 Å². The average Bonchev–Trinajstić information content (AvgIpc) is 2.36. The molecule has 0 radical (unpaired) electrons. The van der Waals surface area contributed by atoms with Gasteiger partial charge in [-0.2, -0.15) is 0 Å². The van der Waals surface area contributed by atoms with E-state index in [0.29, 0.717) is 11.3 Å². The van der Waals surface area contributed by atoms with Gasteiger partial charge in [0.15, 0.2) is 5.78 Å². The Morgan fingerprint density at radius 1 is 1.28 bits per heavy atom. The molecule has 0 aliphatic rings. The van der Waals surface area contributed by atoms with Crippen molar-refractivity contribution in [3.05, 3.63) is 35.4 Å². The normalized spacial score (nSPS) is 10.9. The van der Waals surface area contributed by atoms with E-state index in [9.17, 15) is 9.59 Å². The molecule has 0 unspecified atom stereocenters. The van der Waals surface area contributed by atoms with E-state index in [2.05, 4.69) is 0 Å². The second-order valence-corrected chi connectivity index (χ2v) is 3.58. The van der Waals surface area contributed by atoms with Gasteiger partial charge in [0.05, 0.1) is 13.7 Å². The maximum Gasteiger partial charge on any atom is 0.341 e. The Labute approximate surface area is 106 Å². The highest BCUT2D eigenvalue weighted by molar-refractivity contribution is 6.19. The minimum atomic E-state index is -0.615. The van der Waals surface area contributed by atoms with E-state index in [1.165, 1.54) is 20.1 Å². The highest BCUT2D eigenvalue weighted by Crippen LogP contribution is 2.21. The molecule has 0 bridgehead atoms. The molecule has 0 saturated carbocycles. The number of ketones is 1. The Hall–Kier alpha value is -2.10. The molecular weight excluding hydrogens is 232 g/mol. The highest BCUT2D eigenvalue weighted by Gasteiger charge is 2.16. The lowest BCUT2D eigenvalue weighted by Crippen LogP contribution is -2.13. The number of carbonyl (C=O) groups excluding carboxylic acids is 2. The number of hydrogen-bond donors (Lipinski definition) is 0. The van der Waals surface area contributed by atoms with Crippen LogP contribution in [-0.2, 0) is 14.3 Å². The summed E-state index contributed by atoms with van der Waals surface area (Å²) in [5, 5.41) is 0. The molecule has 1 aromatic rings. The third-order valence-electron chi connectivity index (χ3n) is 2.31. The van der Waals surface area contributed by atoms with Crippen molar-refractivity contribution in [2.45, 2.75) is 13.8 Å². The van der Waals surface area contributed by atoms with Crippen LogP contribution in [0.25, 0.3) is 6.08 Å². The van der Waals surface area contributed by atoms with Crippen LogP contribution in [0.3, 0.4) is 0 Å². The number of benzene rings is 1. The van der Waals surface area contributed by atoms with Crippen molar-refractivity contribution >= 4 is 17.8 Å². The zero-order valence-corrected chi connectivity index (χ0v) is 10.7. The van der Waals surface area contributed by atoms with E-state index in [4.69, 9.17) is 9.47 Å². The summed E-state index contributed by atoms with van der Waals surface area (Å²) >= 11 is 0. The van der Waals surface area contributed by atoms with E-state index in [1.807, 2.05) is 6.07 Å². The predicted molar refractivity (Wildman–Crippen MR) is 68.3 cm³/mol. The number of ether oxygens (including phenoxy) is 2. The van der Waals surface area contributed by atoms with Gasteiger partial charge in [0, 0.05) is 5.56 Å². The van der Waals surface area contributed by atoms with Gasteiger partial charge in [-0.05, 0) is 26.0 Å². The fourth-order valence-electron chi connectivity index (χ4n) is 1.45. The van der Waals surface area contributed by atoms with Crippen LogP contribution < -0.4 is 4.74 Å². The number of para-hydroxylation sites is 1. The summed E-state index contributed by atoms with van der Waals surface area (Å²) in [6.45, 7) is 3.26. The van der Waals surface area contributed by atoms with E-state index >= 15 is 0 Å². The van der Waals surface area contributed by atoms with Crippen molar-refractivity contribution in [3.8, 4) is 5.75 Å². The van der Waals surface area contributed by atoms with Crippen LogP contribution in [0, 0.1) is 0 Å². The summed E-state index contributed by atoms with van der Waals surface area (Å²) in [6, 6.07) is 7.14. The lowest BCUT2D eigenvalue weighted by atomic mass is 10.1. The molecule has 0 aliphatic carbocycles. The number of methoxy groups -OCH3 is 1. The lowest BCUT2D eigenvalue weighted by Gasteiger charge is -2.06. The van der Waals surface area contributed by atoms with Crippen molar-refractivity contribution in [2.75, 3.05) is 13.7 Å². The summed E-state index contributed by atoms with van der Waals surface area (Å²) in [5.41, 5.74) is 0.680. The summed E-state index contributed by atoms with van der Waals surface area (Å²) < 4.78 is 10.00. The van der Waals surface area contributed by atoms with E-state index < -0.39 is 5.97 Å². The smallest absolute Gasteiger partial charge is 0.341 e. The third-order valence-corrected chi connectivity index (χ3v) is 2.31. The molecule has 96 valence electrons. The second-order valence-electron chi connectivity index (χ2n) is 3.58. The maximum absolute atomic E-state index is 11.6. The molecule has 0 amide bonds. The fourth-order valence-corrected chi connectivity index (χ4v) is 1.45. The van der Waals surface area contributed by atoms with Crippen LogP contribution in [-0.4, -0.2) is 25.5 Å². The zero-order valence-electron chi connectivity index (χ0n) is 10.7. The molecule has 0 heterocycles. The summed E-state index contributed by atoms with van der Waals surface area (Å²) in [4.78, 5) is 23.1. The van der Waals surface area contributed by atoms with Crippen LogP contribution in [0.1, 0.15) is 19.4 Å². The van der Waals surface area contributed by atoms with Gasteiger partial charge in [0.1, 0.15) is 11.3 Å². The molecule has 0 atom stereocenters. The van der Waals surface area contributed by atoms with Crippen LogP contribution in [0.5, 0.6) is 5.75 Å². The van der Waals surface area contributed by atoms with Crippen molar-refractivity contribution < 1.29 is 19.1 Å². The minimum absolute atomic E-state index is 0.0151. The number of esters is 1. The molecule has 1 rings (SSSR count). The Morgan fingerprint density at radius 2 is 1.94 bits per heavy atom. The quantitative estimate of drug-likeness (QED) is 0.347. The largest absolute Gasteiger partial charge is 0.496 e. The Balaban J connectivity index is 3.16. The lowest BCUT2D eigenvalue weighted by molar-refractivity contribution is -0.139. The average molecular weight is 248 g/mol. The number of rotatable bonds is 5. The van der Waals surface area contributed by atoms with Gasteiger partial charge in [0.2, 0.25) is 0 Å². The first-order valence-electron chi connectivity index (χ1n) is 5.63. The number of hydrogen-bond acceptors (Lipinski definition) is 4. The van der Waals surface area contributed by atoms with Gasteiger partial charge in [-0.15, -0.1) is 0 Å². The first-order valence-corrected chi connectivity index (χ1v) is 5.63. The monoisotopic (exact) mass is 248 g/mol. The Morgan fingerprint density at radius 3 is 2.50 bits per heavy atom. The molecule has 0 aliphatic heterocycles. The summed E-state index contributed by atoms with van der Waals surface area (Å²) in [7, 11) is 1.53. The molecule has 18 heavy (non-hydrogen) atoms. The molecule has 0 spiro atoms. The van der Waals surface area contributed by atoms with Crippen molar-refractivity contribution in [1.29, 1.82) is 0 Å². The SMILES string of the molecule is CCOC(=O)C(=Cc1ccccc1OC)C(C)=O. The maximum atomic E-state index is 11.6. The van der Waals surface area contributed by atoms with E-state index in [-0.39, 0.29) is 18.0 Å². The van der Waals surface area contributed by atoms with Crippen LogP contribution >= 0.6 is 0 Å². The molecule has 0 saturated heterocycles. The summed E-state index contributed by atoms with van der Waals surface area (Å²) in [5.74, 6) is -0.351. The number of carbonyl (C=O) groups is 2. The number of Topliss-reactive ketones (excluding diaryl/α,β-unsaturated/α-hetero) is 1. The predicted octanol–water partition coefficient (Wildman–Crippen LogP) is 2.23. The van der Waals surface area contributed by atoms with E-state index in [1.54, 1.807) is 25.1 Å².